The molecule has 110 valence electrons. The number of hydrogen-bond acceptors (Lipinski definition) is 5. The van der Waals surface area contributed by atoms with E-state index in [1.807, 2.05) is 6.07 Å². The first kappa shape index (κ1) is 14.8. The van der Waals surface area contributed by atoms with Gasteiger partial charge in [-0.3, -0.25) is 9.78 Å². The quantitative estimate of drug-likeness (QED) is 0.741. The number of nitrogens with zero attached hydrogens (tertiary/aromatic N) is 2. The summed E-state index contributed by atoms with van der Waals surface area (Å²) in [6.07, 6.45) is 6.90. The van der Waals surface area contributed by atoms with Gasteiger partial charge < -0.3 is 14.4 Å². The van der Waals surface area contributed by atoms with Crippen LogP contribution in [0.2, 0.25) is 0 Å². The molecule has 2 rings (SSSR count). The van der Waals surface area contributed by atoms with Crippen molar-refractivity contribution in [2.75, 3.05) is 27.3 Å². The number of rotatable bonds is 6. The van der Waals surface area contributed by atoms with Gasteiger partial charge in [0.2, 0.25) is 0 Å². The summed E-state index contributed by atoms with van der Waals surface area (Å²) in [6.45, 7) is 1.84. The van der Waals surface area contributed by atoms with Gasteiger partial charge >= 0.3 is 5.97 Å². The third kappa shape index (κ3) is 4.20. The van der Waals surface area contributed by atoms with Crippen molar-refractivity contribution in [3.05, 3.63) is 24.0 Å². The number of ether oxygens (including phenoxy) is 2. The number of esters is 1. The van der Waals surface area contributed by atoms with E-state index in [0.29, 0.717) is 25.5 Å². The number of carbonyl (C=O) groups excluding carboxylic acids is 1. The Balaban J connectivity index is 1.84. The van der Waals surface area contributed by atoms with Crippen LogP contribution in [0.5, 0.6) is 5.75 Å². The molecule has 0 amide bonds. The van der Waals surface area contributed by atoms with Crippen LogP contribution in [0.3, 0.4) is 0 Å². The van der Waals surface area contributed by atoms with Crippen LogP contribution >= 0.6 is 0 Å². The Morgan fingerprint density at radius 1 is 1.50 bits per heavy atom. The molecule has 1 atom stereocenters. The maximum Gasteiger partial charge on any atom is 0.305 e. The van der Waals surface area contributed by atoms with E-state index in [0.717, 1.165) is 17.9 Å². The van der Waals surface area contributed by atoms with Crippen molar-refractivity contribution >= 4 is 5.97 Å². The van der Waals surface area contributed by atoms with E-state index in [9.17, 15) is 4.79 Å². The zero-order valence-corrected chi connectivity index (χ0v) is 12.2. The van der Waals surface area contributed by atoms with Crippen LogP contribution in [0.4, 0.5) is 0 Å². The number of methoxy groups -OCH3 is 1. The highest BCUT2D eigenvalue weighted by atomic mass is 16.5. The first-order valence-electron chi connectivity index (χ1n) is 7.03. The topological polar surface area (TPSA) is 51.7 Å². The number of aryl methyl sites for hydroxylation is 1. The fourth-order valence-corrected chi connectivity index (χ4v) is 2.41. The number of hydrogen-bond donors (Lipinski definition) is 0. The summed E-state index contributed by atoms with van der Waals surface area (Å²) in [5.41, 5.74) is 0.993. The van der Waals surface area contributed by atoms with Crippen LogP contribution in [-0.2, 0) is 16.0 Å². The highest BCUT2D eigenvalue weighted by Crippen LogP contribution is 2.18. The molecule has 0 spiro atoms. The summed E-state index contributed by atoms with van der Waals surface area (Å²) >= 11 is 0. The first-order valence-corrected chi connectivity index (χ1v) is 7.03. The molecule has 1 fully saturated rings. The van der Waals surface area contributed by atoms with Crippen LogP contribution in [0.25, 0.3) is 0 Å². The van der Waals surface area contributed by atoms with E-state index in [2.05, 4.69) is 21.7 Å². The molecule has 1 aromatic rings. The van der Waals surface area contributed by atoms with Crippen LogP contribution < -0.4 is 4.74 Å². The van der Waals surface area contributed by atoms with Crippen molar-refractivity contribution in [2.45, 2.75) is 31.7 Å². The smallest absolute Gasteiger partial charge is 0.305 e. The van der Waals surface area contributed by atoms with E-state index >= 15 is 0 Å². The van der Waals surface area contributed by atoms with Gasteiger partial charge in [0, 0.05) is 18.7 Å². The van der Waals surface area contributed by atoms with Crippen molar-refractivity contribution in [3.8, 4) is 5.75 Å². The lowest BCUT2D eigenvalue weighted by atomic mass is 10.1. The maximum atomic E-state index is 11.1. The molecule has 5 nitrogen and oxygen atoms in total. The highest BCUT2D eigenvalue weighted by Gasteiger charge is 2.21. The Morgan fingerprint density at radius 2 is 2.35 bits per heavy atom. The lowest BCUT2D eigenvalue weighted by Gasteiger charge is -2.19. The van der Waals surface area contributed by atoms with Gasteiger partial charge in [0.1, 0.15) is 12.4 Å². The molecule has 1 saturated heterocycles. The Labute approximate surface area is 119 Å². The molecule has 0 radical (unpaired) electrons. The minimum atomic E-state index is -0.205. The van der Waals surface area contributed by atoms with E-state index in [1.54, 1.807) is 12.4 Å². The number of carbonyl (C=O) groups is 1. The standard InChI is InChI=1S/C15H22N2O3/c1-17-7-3-4-13(17)11-20-14-8-12(9-16-10-14)5-6-15(18)19-2/h8-10,13H,3-7,11H2,1-2H3/t13-/m0/s1. The van der Waals surface area contributed by atoms with E-state index in [4.69, 9.17) is 4.74 Å². The third-order valence-electron chi connectivity index (χ3n) is 3.73. The molecule has 1 aliphatic rings. The highest BCUT2D eigenvalue weighted by molar-refractivity contribution is 5.69. The Morgan fingerprint density at radius 3 is 3.05 bits per heavy atom. The van der Waals surface area contributed by atoms with E-state index in [1.165, 1.54) is 20.0 Å². The lowest BCUT2D eigenvalue weighted by molar-refractivity contribution is -0.140. The van der Waals surface area contributed by atoms with Gasteiger partial charge in [0.25, 0.3) is 0 Å². The maximum absolute atomic E-state index is 11.1. The van der Waals surface area contributed by atoms with E-state index in [-0.39, 0.29) is 5.97 Å². The van der Waals surface area contributed by atoms with Crippen molar-refractivity contribution in [1.82, 2.24) is 9.88 Å². The Bertz CT molecular complexity index is 450. The van der Waals surface area contributed by atoms with Crippen molar-refractivity contribution in [2.24, 2.45) is 0 Å². The second kappa shape index (κ2) is 7.24. The molecule has 1 aromatic heterocycles. The van der Waals surface area contributed by atoms with Gasteiger partial charge in [-0.05, 0) is 44.5 Å². The minimum absolute atomic E-state index is 0.205. The van der Waals surface area contributed by atoms with Gasteiger partial charge in [-0.15, -0.1) is 0 Å². The van der Waals surface area contributed by atoms with Gasteiger partial charge in [-0.1, -0.05) is 0 Å². The summed E-state index contributed by atoms with van der Waals surface area (Å²) in [5.74, 6) is 0.566. The summed E-state index contributed by atoms with van der Waals surface area (Å²) in [6, 6.07) is 2.44. The summed E-state index contributed by atoms with van der Waals surface area (Å²) in [4.78, 5) is 17.6. The van der Waals surface area contributed by atoms with Crippen LogP contribution in [0.1, 0.15) is 24.8 Å². The van der Waals surface area contributed by atoms with Crippen molar-refractivity contribution < 1.29 is 14.3 Å². The van der Waals surface area contributed by atoms with Gasteiger partial charge in [-0.25, -0.2) is 0 Å². The molecule has 20 heavy (non-hydrogen) atoms. The molecular weight excluding hydrogens is 256 g/mol. The van der Waals surface area contributed by atoms with Gasteiger partial charge in [0.15, 0.2) is 0 Å². The van der Waals surface area contributed by atoms with Crippen LogP contribution in [0, 0.1) is 0 Å². The average Bonchev–Trinajstić information content (AvgIpc) is 2.88. The summed E-state index contributed by atoms with van der Waals surface area (Å²) < 4.78 is 10.4. The van der Waals surface area contributed by atoms with Crippen molar-refractivity contribution in [1.29, 1.82) is 0 Å². The Kier molecular flexibility index (Phi) is 5.35. The second-order valence-electron chi connectivity index (χ2n) is 5.19. The van der Waals surface area contributed by atoms with Crippen LogP contribution in [-0.4, -0.2) is 49.2 Å². The molecule has 0 unspecified atom stereocenters. The fourth-order valence-electron chi connectivity index (χ4n) is 2.41. The fraction of sp³-hybridized carbons (Fsp3) is 0.600. The number of pyridine rings is 1. The van der Waals surface area contributed by atoms with Crippen LogP contribution in [0.15, 0.2) is 18.5 Å². The minimum Gasteiger partial charge on any atom is -0.490 e. The normalized spacial score (nSPS) is 19.0. The average molecular weight is 278 g/mol. The van der Waals surface area contributed by atoms with E-state index < -0.39 is 0 Å². The zero-order chi connectivity index (χ0) is 14.4. The number of likely N-dealkylation sites (tertiary alicyclic amines) is 1. The third-order valence-corrected chi connectivity index (χ3v) is 3.73. The predicted molar refractivity (Wildman–Crippen MR) is 75.7 cm³/mol. The van der Waals surface area contributed by atoms with Gasteiger partial charge in [0.05, 0.1) is 13.3 Å². The molecule has 0 bridgehead atoms. The SMILES string of the molecule is COC(=O)CCc1cncc(OC[C@@H]2CCCN2C)c1. The molecule has 0 aliphatic carbocycles. The molecule has 1 aliphatic heterocycles. The molecular formula is C15H22N2O3. The summed E-state index contributed by atoms with van der Waals surface area (Å²) in [7, 11) is 3.53. The monoisotopic (exact) mass is 278 g/mol. The molecule has 0 aromatic carbocycles. The predicted octanol–water partition coefficient (Wildman–Crippen LogP) is 1.66. The molecule has 2 heterocycles. The number of likely N-dealkylation sites (N-methyl/N-ethyl adjacent to an activating group) is 1. The molecule has 0 saturated carbocycles. The second-order valence-corrected chi connectivity index (χ2v) is 5.19. The van der Waals surface area contributed by atoms with Crippen molar-refractivity contribution in [3.63, 3.8) is 0 Å². The lowest BCUT2D eigenvalue weighted by Crippen LogP contribution is -2.30. The zero-order valence-electron chi connectivity index (χ0n) is 12.2. The Hall–Kier alpha value is -1.62. The molecule has 5 heteroatoms. The summed E-state index contributed by atoms with van der Waals surface area (Å²) in [5, 5.41) is 0. The first-order chi connectivity index (χ1) is 9.69. The largest absolute Gasteiger partial charge is 0.490 e. The van der Waals surface area contributed by atoms with Gasteiger partial charge in [-0.2, -0.15) is 0 Å². The molecule has 0 N–H and O–H groups in total. The number of aromatic nitrogens is 1.